The van der Waals surface area contributed by atoms with Crippen molar-refractivity contribution in [2.75, 3.05) is 0 Å². The Kier molecular flexibility index (Phi) is 4.46. The van der Waals surface area contributed by atoms with Crippen molar-refractivity contribution >= 4 is 11.8 Å². The first kappa shape index (κ1) is 14.6. The van der Waals surface area contributed by atoms with Crippen molar-refractivity contribution in [1.29, 1.82) is 5.26 Å². The third kappa shape index (κ3) is 3.40. The Morgan fingerprint density at radius 1 is 1.05 bits per heavy atom. The average molecular weight is 282 g/mol. The summed E-state index contributed by atoms with van der Waals surface area (Å²) in [5, 5.41) is 9.27. The number of aromatic nitrogens is 1. The second-order valence-corrected chi connectivity index (χ2v) is 6.14. The van der Waals surface area contributed by atoms with Gasteiger partial charge >= 0.3 is 0 Å². The molecular weight excluding hydrogens is 264 g/mol. The van der Waals surface area contributed by atoms with Crippen molar-refractivity contribution in [3.05, 3.63) is 57.9 Å². The predicted octanol–water partition coefficient (Wildman–Crippen LogP) is 4.48. The van der Waals surface area contributed by atoms with Crippen LogP contribution in [0.3, 0.4) is 0 Å². The van der Waals surface area contributed by atoms with Gasteiger partial charge in [0.1, 0.15) is 6.07 Å². The van der Waals surface area contributed by atoms with Crippen LogP contribution in [0.5, 0.6) is 0 Å². The van der Waals surface area contributed by atoms with Crippen LogP contribution >= 0.6 is 11.8 Å². The van der Waals surface area contributed by atoms with Crippen LogP contribution in [0.1, 0.15) is 33.6 Å². The predicted molar refractivity (Wildman–Crippen MR) is 83.9 cm³/mol. The van der Waals surface area contributed by atoms with E-state index < -0.39 is 0 Å². The third-order valence-corrected chi connectivity index (χ3v) is 4.19. The third-order valence-electron chi connectivity index (χ3n) is 3.08. The molecule has 0 aliphatic heterocycles. The highest BCUT2D eigenvalue weighted by atomic mass is 32.2. The van der Waals surface area contributed by atoms with Gasteiger partial charge in [-0.3, -0.25) is 4.98 Å². The van der Waals surface area contributed by atoms with Crippen LogP contribution in [0, 0.1) is 39.0 Å². The Hall–Kier alpha value is -1.79. The zero-order chi connectivity index (χ0) is 14.7. The van der Waals surface area contributed by atoms with Gasteiger partial charge in [-0.05, 0) is 39.3 Å². The quantitative estimate of drug-likeness (QED) is 0.779. The Bertz CT molecular complexity index is 664. The molecule has 1 heterocycles. The minimum atomic E-state index is 0.699. The highest BCUT2D eigenvalue weighted by molar-refractivity contribution is 7.98. The number of rotatable bonds is 3. The molecule has 1 aromatic heterocycles. The summed E-state index contributed by atoms with van der Waals surface area (Å²) in [6.45, 7) is 8.09. The number of nitrogens with zero attached hydrogens (tertiary/aromatic N) is 2. The molecule has 0 spiro atoms. The van der Waals surface area contributed by atoms with E-state index in [4.69, 9.17) is 0 Å². The van der Waals surface area contributed by atoms with Crippen LogP contribution in [0.4, 0.5) is 0 Å². The molecule has 2 aromatic rings. The molecule has 3 heteroatoms. The fourth-order valence-corrected chi connectivity index (χ4v) is 3.44. The zero-order valence-electron chi connectivity index (χ0n) is 12.3. The van der Waals surface area contributed by atoms with E-state index in [1.54, 1.807) is 11.8 Å². The summed E-state index contributed by atoms with van der Waals surface area (Å²) in [6.07, 6.45) is 0. The molecule has 20 heavy (non-hydrogen) atoms. The van der Waals surface area contributed by atoms with E-state index in [2.05, 4.69) is 43.1 Å². The van der Waals surface area contributed by atoms with Gasteiger partial charge in [-0.1, -0.05) is 29.3 Å². The van der Waals surface area contributed by atoms with E-state index in [9.17, 15) is 5.26 Å². The van der Waals surface area contributed by atoms with E-state index in [0.29, 0.717) is 5.56 Å². The van der Waals surface area contributed by atoms with Gasteiger partial charge in [0.05, 0.1) is 11.3 Å². The first-order chi connectivity index (χ1) is 9.49. The van der Waals surface area contributed by atoms with Crippen LogP contribution in [-0.2, 0) is 5.75 Å². The molecule has 0 radical (unpaired) electrons. The minimum absolute atomic E-state index is 0.699. The Balaban J connectivity index is 2.25. The van der Waals surface area contributed by atoms with E-state index in [-0.39, 0.29) is 0 Å². The van der Waals surface area contributed by atoms with Gasteiger partial charge in [-0.25, -0.2) is 0 Å². The SMILES string of the molecule is Cc1cc(C)cc(CSc2cc(C)nc(C)c2C#N)c1. The number of pyridine rings is 1. The number of hydrogen-bond acceptors (Lipinski definition) is 3. The summed E-state index contributed by atoms with van der Waals surface area (Å²) < 4.78 is 0. The molecule has 0 N–H and O–H groups in total. The molecule has 0 fully saturated rings. The van der Waals surface area contributed by atoms with Gasteiger partial charge < -0.3 is 0 Å². The van der Waals surface area contributed by atoms with Gasteiger partial charge in [0.15, 0.2) is 0 Å². The second-order valence-electron chi connectivity index (χ2n) is 5.12. The van der Waals surface area contributed by atoms with Gasteiger partial charge in [0.25, 0.3) is 0 Å². The van der Waals surface area contributed by atoms with Gasteiger partial charge in [0, 0.05) is 16.3 Å². The van der Waals surface area contributed by atoms with E-state index >= 15 is 0 Å². The standard InChI is InChI=1S/C17H18N2S/c1-11-5-12(2)7-15(6-11)10-20-17-8-13(3)19-14(4)16(17)9-18/h5-8H,10H2,1-4H3. The van der Waals surface area contributed by atoms with Gasteiger partial charge in [0.2, 0.25) is 0 Å². The lowest BCUT2D eigenvalue weighted by molar-refractivity contribution is 1.07. The second kappa shape index (κ2) is 6.11. The van der Waals surface area contributed by atoms with E-state index in [1.807, 2.05) is 19.9 Å². The van der Waals surface area contributed by atoms with Crippen LogP contribution in [0.15, 0.2) is 29.2 Å². The molecule has 1 aromatic carbocycles. The summed E-state index contributed by atoms with van der Waals surface area (Å²) in [5.41, 5.74) is 6.33. The largest absolute Gasteiger partial charge is 0.257 e. The first-order valence-corrected chi connectivity index (χ1v) is 7.56. The summed E-state index contributed by atoms with van der Waals surface area (Å²) in [6, 6.07) is 10.8. The van der Waals surface area contributed by atoms with Crippen LogP contribution in [0.25, 0.3) is 0 Å². The maximum absolute atomic E-state index is 9.27. The fourth-order valence-electron chi connectivity index (χ4n) is 2.36. The summed E-state index contributed by atoms with van der Waals surface area (Å²) in [7, 11) is 0. The highest BCUT2D eigenvalue weighted by Gasteiger charge is 2.09. The number of nitriles is 1. The average Bonchev–Trinajstić information content (AvgIpc) is 2.34. The molecule has 0 saturated heterocycles. The Morgan fingerprint density at radius 2 is 1.70 bits per heavy atom. The fraction of sp³-hybridized carbons (Fsp3) is 0.294. The summed E-state index contributed by atoms with van der Waals surface area (Å²) >= 11 is 1.71. The van der Waals surface area contributed by atoms with Crippen LogP contribution in [0.2, 0.25) is 0 Å². The lowest BCUT2D eigenvalue weighted by Crippen LogP contribution is -1.94. The lowest BCUT2D eigenvalue weighted by atomic mass is 10.1. The molecule has 0 unspecified atom stereocenters. The van der Waals surface area contributed by atoms with Crippen molar-refractivity contribution in [2.45, 2.75) is 38.3 Å². The van der Waals surface area contributed by atoms with Crippen molar-refractivity contribution in [2.24, 2.45) is 0 Å². The van der Waals surface area contributed by atoms with Crippen molar-refractivity contribution < 1.29 is 0 Å². The molecule has 0 amide bonds. The van der Waals surface area contributed by atoms with Crippen LogP contribution in [-0.4, -0.2) is 4.98 Å². The number of hydrogen-bond donors (Lipinski definition) is 0. The molecule has 0 saturated carbocycles. The summed E-state index contributed by atoms with van der Waals surface area (Å²) in [5.74, 6) is 0.875. The first-order valence-electron chi connectivity index (χ1n) is 6.58. The molecule has 0 aliphatic rings. The van der Waals surface area contributed by atoms with Crippen LogP contribution < -0.4 is 0 Å². The molecule has 102 valence electrons. The normalized spacial score (nSPS) is 10.3. The smallest absolute Gasteiger partial charge is 0.102 e. The monoisotopic (exact) mass is 282 g/mol. The maximum atomic E-state index is 9.27. The molecular formula is C17H18N2S. The van der Waals surface area contributed by atoms with Gasteiger partial charge in [-0.15, -0.1) is 11.8 Å². The maximum Gasteiger partial charge on any atom is 0.102 e. The topological polar surface area (TPSA) is 36.7 Å². The lowest BCUT2D eigenvalue weighted by Gasteiger charge is -2.09. The molecule has 0 aliphatic carbocycles. The van der Waals surface area contributed by atoms with E-state index in [0.717, 1.165) is 22.0 Å². The highest BCUT2D eigenvalue weighted by Crippen LogP contribution is 2.28. The zero-order valence-corrected chi connectivity index (χ0v) is 13.1. The number of benzene rings is 1. The minimum Gasteiger partial charge on any atom is -0.257 e. The molecule has 2 nitrogen and oxygen atoms in total. The van der Waals surface area contributed by atoms with Gasteiger partial charge in [-0.2, -0.15) is 5.26 Å². The molecule has 0 atom stereocenters. The molecule has 2 rings (SSSR count). The number of aryl methyl sites for hydroxylation is 4. The number of thioether (sulfide) groups is 1. The van der Waals surface area contributed by atoms with Crippen molar-refractivity contribution in [3.8, 4) is 6.07 Å². The van der Waals surface area contributed by atoms with Crippen molar-refractivity contribution in [3.63, 3.8) is 0 Å². The molecule has 0 bridgehead atoms. The van der Waals surface area contributed by atoms with E-state index in [1.165, 1.54) is 16.7 Å². The Labute approximate surface area is 124 Å². The summed E-state index contributed by atoms with van der Waals surface area (Å²) in [4.78, 5) is 5.38. The van der Waals surface area contributed by atoms with Crippen molar-refractivity contribution in [1.82, 2.24) is 4.98 Å². The Morgan fingerprint density at radius 3 is 2.30 bits per heavy atom.